The largest absolute Gasteiger partial charge is 0.374 e. The molecule has 2 saturated heterocycles. The molecule has 0 aromatic heterocycles. The van der Waals surface area contributed by atoms with E-state index in [9.17, 15) is 0 Å². The van der Waals surface area contributed by atoms with E-state index in [1.54, 1.807) is 0 Å². The van der Waals surface area contributed by atoms with E-state index in [-0.39, 0.29) is 12.1 Å². The molecule has 1 aromatic rings. The lowest BCUT2D eigenvalue weighted by atomic mass is 10.1. The zero-order chi connectivity index (χ0) is 14.7. The molecule has 2 aliphatic rings. The maximum absolute atomic E-state index is 6.00. The van der Waals surface area contributed by atoms with Crippen LogP contribution in [0.5, 0.6) is 0 Å². The SMILES string of the molecule is CC(N)C1CN(C2CCN(Cc3ccccc3)C2)CCO1. The number of hydrogen-bond donors (Lipinski definition) is 1. The minimum absolute atomic E-state index is 0.120. The Hall–Kier alpha value is -0.940. The Morgan fingerprint density at radius 2 is 2.05 bits per heavy atom. The topological polar surface area (TPSA) is 41.7 Å². The van der Waals surface area contributed by atoms with E-state index < -0.39 is 0 Å². The van der Waals surface area contributed by atoms with Crippen LogP contribution in [0.1, 0.15) is 18.9 Å². The van der Waals surface area contributed by atoms with Gasteiger partial charge in [0.2, 0.25) is 0 Å². The third-order valence-corrected chi connectivity index (χ3v) is 4.72. The highest BCUT2D eigenvalue weighted by Gasteiger charge is 2.32. The summed E-state index contributed by atoms with van der Waals surface area (Å²) < 4.78 is 5.77. The van der Waals surface area contributed by atoms with Gasteiger partial charge < -0.3 is 10.5 Å². The van der Waals surface area contributed by atoms with Crippen molar-refractivity contribution in [3.63, 3.8) is 0 Å². The molecular weight excluding hydrogens is 262 g/mol. The molecule has 0 radical (unpaired) electrons. The van der Waals surface area contributed by atoms with Gasteiger partial charge in [0.25, 0.3) is 0 Å². The number of nitrogens with zero attached hydrogens (tertiary/aromatic N) is 2. The van der Waals surface area contributed by atoms with Gasteiger partial charge in [-0.2, -0.15) is 0 Å². The molecule has 116 valence electrons. The Bertz CT molecular complexity index is 437. The molecule has 21 heavy (non-hydrogen) atoms. The Morgan fingerprint density at radius 3 is 2.81 bits per heavy atom. The number of likely N-dealkylation sites (tertiary alicyclic amines) is 1. The molecule has 0 spiro atoms. The number of ether oxygens (including phenoxy) is 1. The molecule has 0 bridgehead atoms. The minimum atomic E-state index is 0.120. The fourth-order valence-electron chi connectivity index (χ4n) is 3.44. The first-order valence-electron chi connectivity index (χ1n) is 8.10. The highest BCUT2D eigenvalue weighted by molar-refractivity contribution is 5.14. The second kappa shape index (κ2) is 6.88. The maximum Gasteiger partial charge on any atom is 0.0850 e. The van der Waals surface area contributed by atoms with E-state index in [1.165, 1.54) is 25.1 Å². The third kappa shape index (κ3) is 3.83. The van der Waals surface area contributed by atoms with Gasteiger partial charge in [0.15, 0.2) is 0 Å². The summed E-state index contributed by atoms with van der Waals surface area (Å²) >= 11 is 0. The molecule has 0 aliphatic carbocycles. The van der Waals surface area contributed by atoms with E-state index >= 15 is 0 Å². The van der Waals surface area contributed by atoms with Crippen LogP contribution in [0.4, 0.5) is 0 Å². The summed E-state index contributed by atoms with van der Waals surface area (Å²) in [5.74, 6) is 0. The fraction of sp³-hybridized carbons (Fsp3) is 0.647. The van der Waals surface area contributed by atoms with Gasteiger partial charge in [-0.25, -0.2) is 0 Å². The number of rotatable bonds is 4. The Morgan fingerprint density at radius 1 is 1.24 bits per heavy atom. The smallest absolute Gasteiger partial charge is 0.0850 e. The standard InChI is InChI=1S/C17H27N3O/c1-14(18)17-13-20(9-10-21-17)16-7-8-19(12-16)11-15-5-3-2-4-6-15/h2-6,14,16-17H,7-13,18H2,1H3. The summed E-state index contributed by atoms with van der Waals surface area (Å²) in [6, 6.07) is 11.5. The number of nitrogens with two attached hydrogens (primary N) is 1. The van der Waals surface area contributed by atoms with Gasteiger partial charge in [0.1, 0.15) is 0 Å². The van der Waals surface area contributed by atoms with E-state index in [0.717, 1.165) is 26.2 Å². The van der Waals surface area contributed by atoms with E-state index in [1.807, 2.05) is 6.92 Å². The van der Waals surface area contributed by atoms with Crippen LogP contribution >= 0.6 is 0 Å². The van der Waals surface area contributed by atoms with Crippen molar-refractivity contribution in [2.45, 2.75) is 38.1 Å². The Balaban J connectivity index is 1.52. The van der Waals surface area contributed by atoms with Crippen molar-refractivity contribution in [3.8, 4) is 0 Å². The lowest BCUT2D eigenvalue weighted by Crippen LogP contribution is -2.53. The first kappa shape index (κ1) is 15.0. The summed E-state index contributed by atoms with van der Waals surface area (Å²) in [7, 11) is 0. The molecular formula is C17H27N3O. The van der Waals surface area contributed by atoms with Gasteiger partial charge in [-0.05, 0) is 18.9 Å². The van der Waals surface area contributed by atoms with Crippen molar-refractivity contribution >= 4 is 0 Å². The van der Waals surface area contributed by atoms with Crippen LogP contribution in [0, 0.1) is 0 Å². The zero-order valence-electron chi connectivity index (χ0n) is 12.9. The van der Waals surface area contributed by atoms with Gasteiger partial charge in [-0.15, -0.1) is 0 Å². The molecule has 1 aromatic carbocycles. The minimum Gasteiger partial charge on any atom is -0.374 e. The van der Waals surface area contributed by atoms with Crippen molar-refractivity contribution in [1.29, 1.82) is 0 Å². The molecule has 4 heteroatoms. The van der Waals surface area contributed by atoms with Gasteiger partial charge in [-0.1, -0.05) is 30.3 Å². The lowest BCUT2D eigenvalue weighted by Gasteiger charge is -2.38. The van der Waals surface area contributed by atoms with Crippen molar-refractivity contribution in [1.82, 2.24) is 9.80 Å². The van der Waals surface area contributed by atoms with Crippen LogP contribution in [0.2, 0.25) is 0 Å². The van der Waals surface area contributed by atoms with Crippen LogP contribution in [0.15, 0.2) is 30.3 Å². The summed E-state index contributed by atoms with van der Waals surface area (Å²) in [5, 5.41) is 0. The number of benzene rings is 1. The highest BCUT2D eigenvalue weighted by Crippen LogP contribution is 2.20. The molecule has 2 fully saturated rings. The highest BCUT2D eigenvalue weighted by atomic mass is 16.5. The maximum atomic E-state index is 6.00. The Kier molecular flexibility index (Phi) is 4.91. The molecule has 2 aliphatic heterocycles. The number of hydrogen-bond acceptors (Lipinski definition) is 4. The molecule has 4 nitrogen and oxygen atoms in total. The first-order chi connectivity index (χ1) is 10.2. The average molecular weight is 289 g/mol. The van der Waals surface area contributed by atoms with Crippen molar-refractivity contribution in [3.05, 3.63) is 35.9 Å². The predicted octanol–water partition coefficient (Wildman–Crippen LogP) is 1.31. The second-order valence-corrected chi connectivity index (χ2v) is 6.43. The van der Waals surface area contributed by atoms with Gasteiger partial charge >= 0.3 is 0 Å². The van der Waals surface area contributed by atoms with Gasteiger partial charge in [0, 0.05) is 44.8 Å². The van der Waals surface area contributed by atoms with Crippen LogP contribution < -0.4 is 5.73 Å². The van der Waals surface area contributed by atoms with Crippen LogP contribution in [0.3, 0.4) is 0 Å². The molecule has 3 rings (SSSR count). The van der Waals surface area contributed by atoms with Crippen molar-refractivity contribution in [2.24, 2.45) is 5.73 Å². The molecule has 3 atom stereocenters. The zero-order valence-corrected chi connectivity index (χ0v) is 12.9. The van der Waals surface area contributed by atoms with Crippen molar-refractivity contribution in [2.75, 3.05) is 32.8 Å². The molecule has 2 heterocycles. The van der Waals surface area contributed by atoms with E-state index in [0.29, 0.717) is 6.04 Å². The van der Waals surface area contributed by atoms with Gasteiger partial charge in [0.05, 0.1) is 12.7 Å². The number of morpholine rings is 1. The van der Waals surface area contributed by atoms with Crippen LogP contribution in [0.25, 0.3) is 0 Å². The van der Waals surface area contributed by atoms with E-state index in [2.05, 4.69) is 40.1 Å². The molecule has 2 N–H and O–H groups in total. The first-order valence-corrected chi connectivity index (χ1v) is 8.10. The monoisotopic (exact) mass is 289 g/mol. The quantitative estimate of drug-likeness (QED) is 0.907. The van der Waals surface area contributed by atoms with Gasteiger partial charge in [-0.3, -0.25) is 9.80 Å². The van der Waals surface area contributed by atoms with Crippen molar-refractivity contribution < 1.29 is 4.74 Å². The van der Waals surface area contributed by atoms with Crippen LogP contribution in [-0.2, 0) is 11.3 Å². The third-order valence-electron chi connectivity index (χ3n) is 4.72. The summed E-state index contributed by atoms with van der Waals surface area (Å²) in [6.45, 7) is 8.33. The molecule has 3 unspecified atom stereocenters. The Labute approximate surface area is 127 Å². The molecule has 0 saturated carbocycles. The molecule has 0 amide bonds. The predicted molar refractivity (Wildman–Crippen MR) is 85.1 cm³/mol. The normalized spacial score (nSPS) is 29.6. The summed E-state index contributed by atoms with van der Waals surface area (Å²) in [6.07, 6.45) is 1.46. The lowest BCUT2D eigenvalue weighted by molar-refractivity contribution is -0.0501. The summed E-state index contributed by atoms with van der Waals surface area (Å²) in [5.41, 5.74) is 7.41. The summed E-state index contributed by atoms with van der Waals surface area (Å²) in [4.78, 5) is 5.15. The van der Waals surface area contributed by atoms with Crippen LogP contribution in [-0.4, -0.2) is 60.8 Å². The second-order valence-electron chi connectivity index (χ2n) is 6.43. The fourth-order valence-corrected chi connectivity index (χ4v) is 3.44. The van der Waals surface area contributed by atoms with E-state index in [4.69, 9.17) is 10.5 Å². The average Bonchev–Trinajstić information content (AvgIpc) is 2.97.